The minimum absolute atomic E-state index is 0.224. The van der Waals surface area contributed by atoms with Crippen LogP contribution in [0.25, 0.3) is 0 Å². The summed E-state index contributed by atoms with van der Waals surface area (Å²) < 4.78 is 1.11. The van der Waals surface area contributed by atoms with Crippen LogP contribution in [0.5, 0.6) is 0 Å². The van der Waals surface area contributed by atoms with Crippen molar-refractivity contribution in [3.05, 3.63) is 22.8 Å². The number of carbonyl (C=O) groups is 2. The first-order valence-corrected chi connectivity index (χ1v) is 4.27. The zero-order chi connectivity index (χ0) is 12.4. The number of nitrogens with one attached hydrogen (secondary N) is 2. The minimum Gasteiger partial charge on any atom is -0.288 e. The van der Waals surface area contributed by atoms with Crippen LogP contribution in [0, 0.1) is 10.1 Å². The van der Waals surface area contributed by atoms with Crippen LogP contribution in [0.3, 0.4) is 0 Å². The molecule has 2 amide bonds. The van der Waals surface area contributed by atoms with E-state index in [1.807, 2.05) is 0 Å². The van der Waals surface area contributed by atoms with E-state index in [0.717, 1.165) is 4.68 Å². The van der Waals surface area contributed by atoms with Gasteiger partial charge in [-0.3, -0.25) is 30.3 Å². The Hall–Kier alpha value is -2.85. The lowest BCUT2D eigenvalue weighted by atomic mass is 10.2. The van der Waals surface area contributed by atoms with Gasteiger partial charge in [0.05, 0.1) is 0 Å². The van der Waals surface area contributed by atoms with Gasteiger partial charge in [0.25, 0.3) is 0 Å². The second-order valence-corrected chi connectivity index (χ2v) is 2.96. The lowest BCUT2D eigenvalue weighted by molar-refractivity contribution is -0.494. The van der Waals surface area contributed by atoms with Crippen LogP contribution in [0.4, 0.5) is 0 Å². The topological polar surface area (TPSA) is 144 Å². The molecule has 1 aromatic rings. The van der Waals surface area contributed by atoms with E-state index in [2.05, 4.69) is 25.9 Å². The number of nitro groups is 1. The standard InChI is InChI=1S/C6H5N7O4/c14-4-3(13(16)17)5(15)10-6(9-4)11-12-1-7-8-2-12/h1-3H,(H2,9,10,11,14,15). The highest BCUT2D eigenvalue weighted by atomic mass is 16.6. The summed E-state index contributed by atoms with van der Waals surface area (Å²) in [5.74, 6) is -2.32. The summed E-state index contributed by atoms with van der Waals surface area (Å²) >= 11 is 0. The smallest absolute Gasteiger partial charge is 0.288 e. The van der Waals surface area contributed by atoms with E-state index in [9.17, 15) is 19.7 Å². The lowest BCUT2D eigenvalue weighted by Gasteiger charge is -2.17. The molecular formula is C6H5N7O4. The molecule has 0 unspecified atom stereocenters. The fourth-order valence-corrected chi connectivity index (χ4v) is 1.12. The summed E-state index contributed by atoms with van der Waals surface area (Å²) in [5.41, 5.74) is 0. The summed E-state index contributed by atoms with van der Waals surface area (Å²) in [6.07, 6.45) is 2.43. The highest BCUT2D eigenvalue weighted by molar-refractivity contribution is 6.19. The Morgan fingerprint density at radius 3 is 2.29 bits per heavy atom. The average molecular weight is 239 g/mol. The molecule has 0 bridgehead atoms. The van der Waals surface area contributed by atoms with Crippen LogP contribution < -0.4 is 10.6 Å². The number of amides is 2. The molecule has 11 nitrogen and oxygen atoms in total. The van der Waals surface area contributed by atoms with E-state index in [0.29, 0.717) is 0 Å². The van der Waals surface area contributed by atoms with E-state index in [-0.39, 0.29) is 5.96 Å². The first-order valence-electron chi connectivity index (χ1n) is 4.27. The maximum Gasteiger partial charge on any atom is 0.366 e. The largest absolute Gasteiger partial charge is 0.366 e. The van der Waals surface area contributed by atoms with Gasteiger partial charge in [-0.1, -0.05) is 0 Å². The van der Waals surface area contributed by atoms with E-state index >= 15 is 0 Å². The van der Waals surface area contributed by atoms with Crippen LogP contribution in [0.1, 0.15) is 0 Å². The monoisotopic (exact) mass is 239 g/mol. The van der Waals surface area contributed by atoms with Gasteiger partial charge in [-0.2, -0.15) is 0 Å². The molecule has 2 heterocycles. The molecule has 0 radical (unpaired) electrons. The van der Waals surface area contributed by atoms with Gasteiger partial charge in [0.15, 0.2) is 0 Å². The normalized spacial score (nSPS) is 19.5. The van der Waals surface area contributed by atoms with E-state index in [1.54, 1.807) is 0 Å². The van der Waals surface area contributed by atoms with Gasteiger partial charge in [-0.15, -0.1) is 15.3 Å². The zero-order valence-corrected chi connectivity index (χ0v) is 8.10. The van der Waals surface area contributed by atoms with Crippen molar-refractivity contribution in [1.29, 1.82) is 0 Å². The predicted molar refractivity (Wildman–Crippen MR) is 49.9 cm³/mol. The van der Waals surface area contributed by atoms with Gasteiger partial charge in [0.1, 0.15) is 12.7 Å². The van der Waals surface area contributed by atoms with Crippen molar-refractivity contribution in [3.8, 4) is 0 Å². The fraction of sp³-hybridized carbons (Fsp3) is 0.167. The maximum absolute atomic E-state index is 11.3. The van der Waals surface area contributed by atoms with Gasteiger partial charge in [-0.05, 0) is 0 Å². The third kappa shape index (κ3) is 2.06. The summed E-state index contributed by atoms with van der Waals surface area (Å²) in [6, 6.07) is -1.96. The average Bonchev–Trinajstić information content (AvgIpc) is 2.68. The van der Waals surface area contributed by atoms with Crippen molar-refractivity contribution in [3.63, 3.8) is 0 Å². The molecule has 1 aliphatic rings. The predicted octanol–water partition coefficient (Wildman–Crippen LogP) is -2.71. The summed E-state index contributed by atoms with van der Waals surface area (Å²) in [4.78, 5) is 31.9. The number of hydrogen-bond acceptors (Lipinski definition) is 7. The molecule has 2 rings (SSSR count). The van der Waals surface area contributed by atoms with Crippen molar-refractivity contribution in [2.75, 3.05) is 0 Å². The SMILES string of the molecule is O=C1NC(=Nn2cnnc2)NC(=O)C1[N+](=O)[O-]. The molecule has 0 atom stereocenters. The van der Waals surface area contributed by atoms with Crippen LogP contribution in [0.2, 0.25) is 0 Å². The van der Waals surface area contributed by atoms with Crippen molar-refractivity contribution < 1.29 is 14.5 Å². The summed E-state index contributed by atoms with van der Waals surface area (Å²) in [5, 5.41) is 25.1. The van der Waals surface area contributed by atoms with Crippen LogP contribution in [-0.4, -0.2) is 43.6 Å². The minimum atomic E-state index is -1.96. The Morgan fingerprint density at radius 2 is 1.82 bits per heavy atom. The Labute approximate surface area is 92.7 Å². The Kier molecular flexibility index (Phi) is 2.48. The second kappa shape index (κ2) is 3.96. The molecule has 0 spiro atoms. The Morgan fingerprint density at radius 1 is 1.29 bits per heavy atom. The lowest BCUT2D eigenvalue weighted by Crippen LogP contribution is -2.62. The van der Waals surface area contributed by atoms with Crippen LogP contribution >= 0.6 is 0 Å². The number of rotatable bonds is 2. The summed E-state index contributed by atoms with van der Waals surface area (Å²) in [6.45, 7) is 0. The van der Waals surface area contributed by atoms with E-state index in [1.165, 1.54) is 12.7 Å². The number of guanidine groups is 1. The molecule has 0 aliphatic carbocycles. The molecule has 0 aromatic carbocycles. The number of nitrogens with zero attached hydrogens (tertiary/aromatic N) is 5. The van der Waals surface area contributed by atoms with Crippen molar-refractivity contribution >= 4 is 17.8 Å². The molecule has 88 valence electrons. The molecule has 0 saturated carbocycles. The highest BCUT2D eigenvalue weighted by Gasteiger charge is 2.43. The quantitative estimate of drug-likeness (QED) is 0.326. The van der Waals surface area contributed by atoms with Gasteiger partial charge >= 0.3 is 17.9 Å². The molecular weight excluding hydrogens is 234 g/mol. The second-order valence-electron chi connectivity index (χ2n) is 2.96. The molecule has 2 N–H and O–H groups in total. The molecule has 11 heteroatoms. The fourth-order valence-electron chi connectivity index (χ4n) is 1.12. The molecule has 1 aliphatic heterocycles. The third-order valence-electron chi connectivity index (χ3n) is 1.81. The Bertz CT molecular complexity index is 486. The Balaban J connectivity index is 2.20. The summed E-state index contributed by atoms with van der Waals surface area (Å²) in [7, 11) is 0. The van der Waals surface area contributed by atoms with Gasteiger partial charge in [0.2, 0.25) is 5.96 Å². The number of hydrogen-bond donors (Lipinski definition) is 2. The van der Waals surface area contributed by atoms with Crippen molar-refractivity contribution in [1.82, 2.24) is 25.5 Å². The first kappa shape index (κ1) is 10.7. The van der Waals surface area contributed by atoms with Gasteiger partial charge < -0.3 is 0 Å². The molecule has 1 saturated heterocycles. The number of carbonyl (C=O) groups excluding carboxylic acids is 2. The highest BCUT2D eigenvalue weighted by Crippen LogP contribution is 1.96. The number of aromatic nitrogens is 3. The van der Waals surface area contributed by atoms with Crippen molar-refractivity contribution in [2.45, 2.75) is 6.04 Å². The van der Waals surface area contributed by atoms with Gasteiger partial charge in [-0.25, -0.2) is 4.68 Å². The van der Waals surface area contributed by atoms with Crippen LogP contribution in [-0.2, 0) is 9.59 Å². The molecule has 1 fully saturated rings. The first-order chi connectivity index (χ1) is 8.08. The van der Waals surface area contributed by atoms with E-state index < -0.39 is 22.8 Å². The van der Waals surface area contributed by atoms with Crippen molar-refractivity contribution in [2.24, 2.45) is 5.10 Å². The molecule has 17 heavy (non-hydrogen) atoms. The third-order valence-corrected chi connectivity index (χ3v) is 1.81. The van der Waals surface area contributed by atoms with Crippen LogP contribution in [0.15, 0.2) is 17.8 Å². The zero-order valence-electron chi connectivity index (χ0n) is 8.10. The van der Waals surface area contributed by atoms with Gasteiger partial charge in [0, 0.05) is 4.92 Å². The molecule has 1 aromatic heterocycles. The maximum atomic E-state index is 11.3. The van der Waals surface area contributed by atoms with E-state index in [4.69, 9.17) is 0 Å².